The Bertz CT molecular complexity index is 1280. The first kappa shape index (κ1) is 23.2. The molecule has 1 fully saturated rings. The number of thioether (sulfide) groups is 1. The summed E-state index contributed by atoms with van der Waals surface area (Å²) in [5.74, 6) is 1.17. The van der Waals surface area contributed by atoms with Gasteiger partial charge >= 0.3 is 0 Å². The molecule has 0 atom stereocenters. The van der Waals surface area contributed by atoms with Crippen molar-refractivity contribution in [2.24, 2.45) is 0 Å². The molecule has 0 spiro atoms. The minimum atomic E-state index is -0.175. The van der Waals surface area contributed by atoms with Crippen LogP contribution in [-0.4, -0.2) is 35.4 Å². The summed E-state index contributed by atoms with van der Waals surface area (Å²) in [4.78, 5) is 33.6. The second kappa shape index (κ2) is 10.00. The molecule has 1 amide bonds. The molecule has 9 heteroatoms. The zero-order valence-electron chi connectivity index (χ0n) is 19.5. The molecule has 3 aromatic rings. The third-order valence-electron chi connectivity index (χ3n) is 6.69. The highest BCUT2D eigenvalue weighted by Gasteiger charge is 2.27. The second-order valence-electron chi connectivity index (χ2n) is 8.80. The molecule has 0 bridgehead atoms. The molecule has 180 valence electrons. The monoisotopic (exact) mass is 499 g/mol. The molecular formula is C25H29N3O4S2. The number of rotatable bonds is 7. The van der Waals surface area contributed by atoms with Crippen molar-refractivity contribution >= 4 is 44.9 Å². The molecule has 7 nitrogen and oxygen atoms in total. The van der Waals surface area contributed by atoms with E-state index in [0.717, 1.165) is 55.2 Å². The van der Waals surface area contributed by atoms with E-state index in [9.17, 15) is 9.59 Å². The Morgan fingerprint density at radius 2 is 1.97 bits per heavy atom. The molecule has 2 heterocycles. The van der Waals surface area contributed by atoms with E-state index in [1.807, 2.05) is 4.57 Å². The Kier molecular flexibility index (Phi) is 6.83. The number of anilines is 1. The first-order chi connectivity index (χ1) is 16.6. The third-order valence-corrected chi connectivity index (χ3v) is 8.83. The molecule has 1 N–H and O–H groups in total. The average Bonchev–Trinajstić information content (AvgIpc) is 3.51. The van der Waals surface area contributed by atoms with Gasteiger partial charge in [0.15, 0.2) is 5.16 Å². The molecule has 1 saturated carbocycles. The summed E-state index contributed by atoms with van der Waals surface area (Å²) in [6.45, 7) is 0. The quantitative estimate of drug-likeness (QED) is 0.355. The van der Waals surface area contributed by atoms with Crippen LogP contribution < -0.4 is 20.3 Å². The Balaban J connectivity index is 1.42. The molecule has 2 aromatic heterocycles. The van der Waals surface area contributed by atoms with Gasteiger partial charge in [0.1, 0.15) is 16.3 Å². The van der Waals surface area contributed by atoms with Gasteiger partial charge in [-0.3, -0.25) is 14.2 Å². The van der Waals surface area contributed by atoms with Crippen LogP contribution >= 0.6 is 23.1 Å². The number of fused-ring (bicyclic) bond motifs is 3. The molecule has 34 heavy (non-hydrogen) atoms. The molecular weight excluding hydrogens is 470 g/mol. The highest BCUT2D eigenvalue weighted by atomic mass is 32.2. The first-order valence-corrected chi connectivity index (χ1v) is 13.6. The van der Waals surface area contributed by atoms with Crippen molar-refractivity contribution in [1.29, 1.82) is 0 Å². The molecule has 0 radical (unpaired) electrons. The maximum atomic E-state index is 13.7. The van der Waals surface area contributed by atoms with Gasteiger partial charge in [0.2, 0.25) is 5.91 Å². The maximum absolute atomic E-state index is 13.7. The van der Waals surface area contributed by atoms with Gasteiger partial charge in [-0.2, -0.15) is 0 Å². The number of thiophene rings is 1. The zero-order chi connectivity index (χ0) is 23.7. The number of hydrogen-bond donors (Lipinski definition) is 1. The lowest BCUT2D eigenvalue weighted by atomic mass is 9.97. The Morgan fingerprint density at radius 1 is 1.18 bits per heavy atom. The Morgan fingerprint density at radius 3 is 2.74 bits per heavy atom. The van der Waals surface area contributed by atoms with E-state index in [2.05, 4.69) is 5.32 Å². The van der Waals surface area contributed by atoms with Crippen molar-refractivity contribution < 1.29 is 14.3 Å². The number of nitrogens with zero attached hydrogens (tertiary/aromatic N) is 2. The van der Waals surface area contributed by atoms with E-state index in [1.54, 1.807) is 43.8 Å². The van der Waals surface area contributed by atoms with Crippen LogP contribution in [0.15, 0.2) is 28.2 Å². The van der Waals surface area contributed by atoms with Crippen molar-refractivity contribution in [3.05, 3.63) is 39.0 Å². The first-order valence-electron chi connectivity index (χ1n) is 11.8. The summed E-state index contributed by atoms with van der Waals surface area (Å²) < 4.78 is 12.5. The van der Waals surface area contributed by atoms with Gasteiger partial charge < -0.3 is 14.8 Å². The minimum absolute atomic E-state index is 0.0797. The fourth-order valence-electron chi connectivity index (χ4n) is 5.00. The molecule has 0 unspecified atom stereocenters. The van der Waals surface area contributed by atoms with Gasteiger partial charge in [0.25, 0.3) is 5.56 Å². The van der Waals surface area contributed by atoms with E-state index in [0.29, 0.717) is 22.3 Å². The summed E-state index contributed by atoms with van der Waals surface area (Å²) in [5.41, 5.74) is 1.88. The molecule has 0 saturated heterocycles. The van der Waals surface area contributed by atoms with Crippen LogP contribution in [0.1, 0.15) is 55.0 Å². The van der Waals surface area contributed by atoms with Gasteiger partial charge in [-0.25, -0.2) is 4.98 Å². The number of carbonyl (C=O) groups is 1. The lowest BCUT2D eigenvalue weighted by Gasteiger charge is -2.18. The van der Waals surface area contributed by atoms with E-state index in [-0.39, 0.29) is 23.3 Å². The number of hydrogen-bond acceptors (Lipinski definition) is 7. The van der Waals surface area contributed by atoms with E-state index in [4.69, 9.17) is 14.5 Å². The molecule has 2 aliphatic carbocycles. The van der Waals surface area contributed by atoms with Crippen molar-refractivity contribution in [3.8, 4) is 11.5 Å². The summed E-state index contributed by atoms with van der Waals surface area (Å²) in [6.07, 6.45) is 8.53. The predicted molar refractivity (Wildman–Crippen MR) is 137 cm³/mol. The fraction of sp³-hybridized carbons (Fsp3) is 0.480. The lowest BCUT2D eigenvalue weighted by molar-refractivity contribution is -0.113. The summed E-state index contributed by atoms with van der Waals surface area (Å²) in [6, 6.07) is 5.43. The standard InChI is InChI=1S/C25H29N3O4S2/c1-31-16-11-12-18(19(13-16)32-2)26-21(29)14-33-25-27-23-22(17-9-5-6-10-20(17)34-23)24(30)28(25)15-7-3-4-8-15/h11-13,15H,3-10,14H2,1-2H3,(H,26,29). The van der Waals surface area contributed by atoms with E-state index in [1.165, 1.54) is 28.6 Å². The number of aromatic nitrogens is 2. The fourth-order valence-corrected chi connectivity index (χ4v) is 7.17. The SMILES string of the molecule is COc1ccc(NC(=O)CSc2nc3sc4c(c3c(=O)n2C2CCCC2)CCCC4)c(OC)c1. The van der Waals surface area contributed by atoms with Crippen LogP contribution in [0, 0.1) is 0 Å². The normalized spacial score (nSPS) is 15.9. The van der Waals surface area contributed by atoms with Crippen LogP contribution in [0.3, 0.4) is 0 Å². The van der Waals surface area contributed by atoms with Crippen molar-refractivity contribution in [1.82, 2.24) is 9.55 Å². The van der Waals surface area contributed by atoms with Gasteiger partial charge in [-0.05, 0) is 56.2 Å². The van der Waals surface area contributed by atoms with Gasteiger partial charge in [-0.1, -0.05) is 24.6 Å². The van der Waals surface area contributed by atoms with Crippen LogP contribution in [0.5, 0.6) is 11.5 Å². The Labute approximate surface area is 206 Å². The number of carbonyl (C=O) groups excluding carboxylic acids is 1. The average molecular weight is 500 g/mol. The van der Waals surface area contributed by atoms with Crippen molar-refractivity contribution in [2.75, 3.05) is 25.3 Å². The Hall–Kier alpha value is -2.52. The summed E-state index contributed by atoms with van der Waals surface area (Å²) in [7, 11) is 3.14. The maximum Gasteiger partial charge on any atom is 0.263 e. The number of nitrogens with one attached hydrogen (secondary N) is 1. The third kappa shape index (κ3) is 4.43. The molecule has 2 aliphatic rings. The van der Waals surface area contributed by atoms with Crippen LogP contribution in [0.4, 0.5) is 5.69 Å². The number of benzene rings is 1. The smallest absolute Gasteiger partial charge is 0.263 e. The van der Waals surface area contributed by atoms with Gasteiger partial charge in [-0.15, -0.1) is 11.3 Å². The van der Waals surface area contributed by atoms with Crippen molar-refractivity contribution in [3.63, 3.8) is 0 Å². The van der Waals surface area contributed by atoms with E-state index < -0.39 is 0 Å². The van der Waals surface area contributed by atoms with Gasteiger partial charge in [0, 0.05) is 17.0 Å². The summed E-state index contributed by atoms with van der Waals surface area (Å²) in [5, 5.41) is 4.39. The van der Waals surface area contributed by atoms with Gasteiger partial charge in [0.05, 0.1) is 31.0 Å². The highest BCUT2D eigenvalue weighted by molar-refractivity contribution is 7.99. The highest BCUT2D eigenvalue weighted by Crippen LogP contribution is 2.37. The molecule has 1 aromatic carbocycles. The molecule has 0 aliphatic heterocycles. The van der Waals surface area contributed by atoms with Crippen LogP contribution in [0.25, 0.3) is 10.2 Å². The topological polar surface area (TPSA) is 82.5 Å². The minimum Gasteiger partial charge on any atom is -0.497 e. The van der Waals surface area contributed by atoms with Crippen molar-refractivity contribution in [2.45, 2.75) is 62.6 Å². The van der Waals surface area contributed by atoms with Crippen LogP contribution in [-0.2, 0) is 17.6 Å². The second-order valence-corrected chi connectivity index (χ2v) is 10.8. The number of aryl methyl sites for hydroxylation is 2. The number of amides is 1. The molecule has 5 rings (SSSR count). The zero-order valence-corrected chi connectivity index (χ0v) is 21.2. The number of ether oxygens (including phenoxy) is 2. The predicted octanol–water partition coefficient (Wildman–Crippen LogP) is 5.20. The number of methoxy groups -OCH3 is 2. The van der Waals surface area contributed by atoms with Crippen LogP contribution in [0.2, 0.25) is 0 Å². The van der Waals surface area contributed by atoms with E-state index >= 15 is 0 Å². The summed E-state index contributed by atoms with van der Waals surface area (Å²) >= 11 is 3.00. The lowest BCUT2D eigenvalue weighted by Crippen LogP contribution is -2.27. The largest absolute Gasteiger partial charge is 0.497 e.